The van der Waals surface area contributed by atoms with Crippen LogP contribution < -0.4 is 10.1 Å². The maximum Gasteiger partial charge on any atom is 0.264 e. The molecule has 2 aliphatic rings. The van der Waals surface area contributed by atoms with E-state index in [0.717, 1.165) is 37.1 Å². The van der Waals surface area contributed by atoms with Crippen LogP contribution in [-0.2, 0) is 30.5 Å². The Hall–Kier alpha value is -1.88. The van der Waals surface area contributed by atoms with E-state index < -0.39 is 0 Å². The summed E-state index contributed by atoms with van der Waals surface area (Å²) in [6, 6.07) is 6.14. The van der Waals surface area contributed by atoms with Crippen molar-refractivity contribution in [2.24, 2.45) is 0 Å². The van der Waals surface area contributed by atoms with Crippen molar-refractivity contribution in [2.45, 2.75) is 44.9 Å². The zero-order valence-electron chi connectivity index (χ0n) is 13.1. The minimum Gasteiger partial charge on any atom is -0.484 e. The molecule has 5 heteroatoms. The number of aromatic nitrogens is 1. The summed E-state index contributed by atoms with van der Waals surface area (Å²) in [6.07, 6.45) is 8.04. The lowest BCUT2D eigenvalue weighted by Crippen LogP contribution is -2.20. The minimum atomic E-state index is -0.142. The van der Waals surface area contributed by atoms with Crippen molar-refractivity contribution in [2.75, 3.05) is 11.9 Å². The second kappa shape index (κ2) is 6.32. The van der Waals surface area contributed by atoms with Crippen molar-refractivity contribution in [1.82, 2.24) is 4.98 Å². The summed E-state index contributed by atoms with van der Waals surface area (Å²) in [6.45, 7) is 0.0308. The number of fused-ring (bicyclic) bond motifs is 2. The number of ether oxygens (including phenoxy) is 1. The fourth-order valence-corrected chi connectivity index (χ4v) is 4.41. The lowest BCUT2D eigenvalue weighted by molar-refractivity contribution is -0.118. The van der Waals surface area contributed by atoms with E-state index in [1.165, 1.54) is 35.3 Å². The molecule has 2 aliphatic carbocycles. The van der Waals surface area contributed by atoms with Crippen LogP contribution in [-0.4, -0.2) is 17.5 Å². The Kier molecular flexibility index (Phi) is 4.04. The molecule has 0 spiro atoms. The van der Waals surface area contributed by atoms with E-state index >= 15 is 0 Å². The summed E-state index contributed by atoms with van der Waals surface area (Å²) in [5, 5.41) is 3.57. The lowest BCUT2D eigenvalue weighted by Gasteiger charge is -2.07. The smallest absolute Gasteiger partial charge is 0.264 e. The maximum absolute atomic E-state index is 12.1. The number of amides is 1. The van der Waals surface area contributed by atoms with Crippen LogP contribution in [0, 0.1) is 0 Å². The van der Waals surface area contributed by atoms with Gasteiger partial charge in [0.1, 0.15) is 5.75 Å². The average molecular weight is 328 g/mol. The summed E-state index contributed by atoms with van der Waals surface area (Å²) in [4.78, 5) is 17.9. The van der Waals surface area contributed by atoms with Gasteiger partial charge in [-0.25, -0.2) is 4.98 Å². The van der Waals surface area contributed by atoms with Crippen molar-refractivity contribution in [3.63, 3.8) is 0 Å². The highest BCUT2D eigenvalue weighted by molar-refractivity contribution is 7.15. The fraction of sp³-hybridized carbons (Fsp3) is 0.444. The van der Waals surface area contributed by atoms with E-state index in [9.17, 15) is 4.79 Å². The van der Waals surface area contributed by atoms with Gasteiger partial charge in [-0.1, -0.05) is 6.07 Å². The number of benzene rings is 1. The highest BCUT2D eigenvalue weighted by Crippen LogP contribution is 2.29. The van der Waals surface area contributed by atoms with Gasteiger partial charge in [0.25, 0.3) is 5.91 Å². The van der Waals surface area contributed by atoms with Crippen LogP contribution in [0.5, 0.6) is 5.75 Å². The van der Waals surface area contributed by atoms with Gasteiger partial charge in [0.05, 0.1) is 5.69 Å². The minimum absolute atomic E-state index is 0.0308. The molecule has 23 heavy (non-hydrogen) atoms. The van der Waals surface area contributed by atoms with Crippen molar-refractivity contribution in [3.05, 3.63) is 39.9 Å². The topological polar surface area (TPSA) is 51.2 Å². The van der Waals surface area contributed by atoms with Crippen molar-refractivity contribution in [3.8, 4) is 5.75 Å². The SMILES string of the molecule is O=C(COc1ccc2c(c1)CCC2)Nc1nc2c(s1)CCCC2. The van der Waals surface area contributed by atoms with Crippen LogP contribution in [0.15, 0.2) is 18.2 Å². The van der Waals surface area contributed by atoms with Gasteiger partial charge >= 0.3 is 0 Å². The standard InChI is InChI=1S/C18H20N2O2S/c21-17(20-18-19-15-6-1-2-7-16(15)23-18)11-22-14-9-8-12-4-3-5-13(12)10-14/h8-10H,1-7,11H2,(H,19,20,21). The Morgan fingerprint density at radius 1 is 1.13 bits per heavy atom. The van der Waals surface area contributed by atoms with E-state index in [1.54, 1.807) is 11.3 Å². The Morgan fingerprint density at radius 3 is 2.91 bits per heavy atom. The van der Waals surface area contributed by atoms with E-state index in [4.69, 9.17) is 4.74 Å². The summed E-state index contributed by atoms with van der Waals surface area (Å²) < 4.78 is 5.63. The van der Waals surface area contributed by atoms with E-state index in [1.807, 2.05) is 6.07 Å². The van der Waals surface area contributed by atoms with Crippen LogP contribution in [0.2, 0.25) is 0 Å². The fourth-order valence-electron chi connectivity index (χ4n) is 3.35. The quantitative estimate of drug-likeness (QED) is 0.934. The number of carbonyl (C=O) groups is 1. The van der Waals surface area contributed by atoms with Gasteiger partial charge in [-0.2, -0.15) is 0 Å². The van der Waals surface area contributed by atoms with Crippen LogP contribution >= 0.6 is 11.3 Å². The Balaban J connectivity index is 1.34. The molecule has 1 heterocycles. The Bertz CT molecular complexity index is 715. The summed E-state index contributed by atoms with van der Waals surface area (Å²) in [5.74, 6) is 0.635. The van der Waals surface area contributed by atoms with Gasteiger partial charge in [0, 0.05) is 4.88 Å². The molecule has 120 valence electrons. The van der Waals surface area contributed by atoms with Gasteiger partial charge in [-0.05, 0) is 68.2 Å². The first-order chi connectivity index (χ1) is 11.3. The van der Waals surface area contributed by atoms with Gasteiger partial charge in [-0.15, -0.1) is 11.3 Å². The number of aryl methyl sites for hydroxylation is 4. The molecular weight excluding hydrogens is 308 g/mol. The molecule has 0 atom stereocenters. The van der Waals surface area contributed by atoms with Gasteiger partial charge in [0.2, 0.25) is 0 Å². The molecule has 0 radical (unpaired) electrons. The third-order valence-electron chi connectivity index (χ3n) is 4.53. The first-order valence-corrected chi connectivity index (χ1v) is 9.12. The molecule has 0 saturated carbocycles. The molecule has 0 fully saturated rings. The van der Waals surface area contributed by atoms with Gasteiger partial charge in [0.15, 0.2) is 11.7 Å². The van der Waals surface area contributed by atoms with E-state index in [0.29, 0.717) is 5.13 Å². The second-order valence-corrected chi connectivity index (χ2v) is 7.30. The molecule has 1 aromatic carbocycles. The molecule has 0 aliphatic heterocycles. The summed E-state index contributed by atoms with van der Waals surface area (Å²) >= 11 is 1.60. The molecular formula is C18H20N2O2S. The number of hydrogen-bond donors (Lipinski definition) is 1. The van der Waals surface area contributed by atoms with E-state index in [-0.39, 0.29) is 12.5 Å². The van der Waals surface area contributed by atoms with Gasteiger partial charge < -0.3 is 4.74 Å². The summed E-state index contributed by atoms with van der Waals surface area (Å²) in [5.41, 5.74) is 3.93. The molecule has 2 aromatic rings. The molecule has 4 nitrogen and oxygen atoms in total. The van der Waals surface area contributed by atoms with E-state index in [2.05, 4.69) is 22.4 Å². The predicted octanol–water partition coefficient (Wildman–Crippen LogP) is 3.53. The Morgan fingerprint density at radius 2 is 2.00 bits per heavy atom. The number of anilines is 1. The first kappa shape index (κ1) is 14.7. The third-order valence-corrected chi connectivity index (χ3v) is 5.60. The number of thiazole rings is 1. The zero-order chi connectivity index (χ0) is 15.6. The number of nitrogens with one attached hydrogen (secondary N) is 1. The lowest BCUT2D eigenvalue weighted by atomic mass is 10.0. The molecule has 1 N–H and O–H groups in total. The molecule has 0 bridgehead atoms. The molecule has 1 aromatic heterocycles. The number of carbonyl (C=O) groups excluding carboxylic acids is 1. The van der Waals surface area contributed by atoms with Crippen molar-refractivity contribution < 1.29 is 9.53 Å². The highest BCUT2D eigenvalue weighted by Gasteiger charge is 2.17. The zero-order valence-corrected chi connectivity index (χ0v) is 13.9. The third kappa shape index (κ3) is 3.24. The van der Waals surface area contributed by atoms with Crippen LogP contribution in [0.4, 0.5) is 5.13 Å². The van der Waals surface area contributed by atoms with Crippen molar-refractivity contribution in [1.29, 1.82) is 0 Å². The van der Waals surface area contributed by atoms with Crippen LogP contribution in [0.3, 0.4) is 0 Å². The number of hydrogen-bond acceptors (Lipinski definition) is 4. The first-order valence-electron chi connectivity index (χ1n) is 8.31. The molecule has 4 rings (SSSR count). The van der Waals surface area contributed by atoms with Crippen LogP contribution in [0.25, 0.3) is 0 Å². The largest absolute Gasteiger partial charge is 0.484 e. The van der Waals surface area contributed by atoms with Gasteiger partial charge in [-0.3, -0.25) is 10.1 Å². The maximum atomic E-state index is 12.1. The molecule has 0 saturated heterocycles. The second-order valence-electron chi connectivity index (χ2n) is 6.22. The molecule has 0 unspecified atom stereocenters. The number of rotatable bonds is 4. The molecule has 1 amide bonds. The Labute approximate surface area is 139 Å². The average Bonchev–Trinajstić information content (AvgIpc) is 3.18. The monoisotopic (exact) mass is 328 g/mol. The highest BCUT2D eigenvalue weighted by atomic mass is 32.1. The summed E-state index contributed by atoms with van der Waals surface area (Å²) in [7, 11) is 0. The normalized spacial score (nSPS) is 15.8. The van der Waals surface area contributed by atoms with Crippen molar-refractivity contribution >= 4 is 22.4 Å². The van der Waals surface area contributed by atoms with Crippen LogP contribution in [0.1, 0.15) is 41.0 Å². The number of nitrogens with zero attached hydrogens (tertiary/aromatic N) is 1. The predicted molar refractivity (Wildman–Crippen MR) is 91.3 cm³/mol.